The molecule has 1 fully saturated rings. The molecule has 2 nitrogen and oxygen atoms in total. The normalized spacial score (nSPS) is 15.3. The van der Waals surface area contributed by atoms with Crippen LogP contribution < -0.4 is 10.1 Å². The zero-order valence-electron chi connectivity index (χ0n) is 8.63. The Kier molecular flexibility index (Phi) is 3.78. The summed E-state index contributed by atoms with van der Waals surface area (Å²) in [5.41, 5.74) is 0. The maximum absolute atomic E-state index is 6.02. The SMILES string of the molecule is COc1ccc(SCNC2CC2)cc1Cl. The topological polar surface area (TPSA) is 21.3 Å². The molecule has 0 aliphatic heterocycles. The summed E-state index contributed by atoms with van der Waals surface area (Å²) in [5, 5.41) is 4.12. The van der Waals surface area contributed by atoms with Crippen molar-refractivity contribution in [2.75, 3.05) is 13.0 Å². The van der Waals surface area contributed by atoms with Crippen LogP contribution in [0.25, 0.3) is 0 Å². The summed E-state index contributed by atoms with van der Waals surface area (Å²) in [6, 6.07) is 6.64. The lowest BCUT2D eigenvalue weighted by molar-refractivity contribution is 0.414. The standard InChI is InChI=1S/C11H14ClNOS/c1-14-11-5-4-9(6-10(11)12)15-7-13-8-2-3-8/h4-6,8,13H,2-3,7H2,1H3. The highest BCUT2D eigenvalue weighted by Gasteiger charge is 2.19. The van der Waals surface area contributed by atoms with E-state index in [4.69, 9.17) is 16.3 Å². The molecule has 1 aromatic carbocycles. The summed E-state index contributed by atoms with van der Waals surface area (Å²) >= 11 is 7.80. The highest BCUT2D eigenvalue weighted by Crippen LogP contribution is 2.29. The third kappa shape index (κ3) is 3.30. The van der Waals surface area contributed by atoms with Crippen molar-refractivity contribution in [1.82, 2.24) is 5.32 Å². The molecule has 0 spiro atoms. The van der Waals surface area contributed by atoms with Gasteiger partial charge in [-0.1, -0.05) is 11.6 Å². The monoisotopic (exact) mass is 243 g/mol. The number of hydrogen-bond donors (Lipinski definition) is 1. The van der Waals surface area contributed by atoms with E-state index >= 15 is 0 Å². The average Bonchev–Trinajstić information content (AvgIpc) is 3.02. The highest BCUT2D eigenvalue weighted by molar-refractivity contribution is 7.99. The molecular formula is C11H14ClNOS. The van der Waals surface area contributed by atoms with E-state index in [1.807, 2.05) is 18.2 Å². The van der Waals surface area contributed by atoms with Crippen molar-refractivity contribution in [3.05, 3.63) is 23.2 Å². The van der Waals surface area contributed by atoms with Crippen molar-refractivity contribution in [3.8, 4) is 5.75 Å². The molecule has 2 rings (SSSR count). The van der Waals surface area contributed by atoms with Crippen molar-refractivity contribution >= 4 is 23.4 Å². The van der Waals surface area contributed by atoms with Crippen LogP contribution in [-0.4, -0.2) is 19.0 Å². The van der Waals surface area contributed by atoms with Gasteiger partial charge in [-0.3, -0.25) is 0 Å². The van der Waals surface area contributed by atoms with Gasteiger partial charge < -0.3 is 10.1 Å². The van der Waals surface area contributed by atoms with Gasteiger partial charge in [0.2, 0.25) is 0 Å². The van der Waals surface area contributed by atoms with E-state index in [1.54, 1.807) is 18.9 Å². The first-order chi connectivity index (χ1) is 7.29. The second kappa shape index (κ2) is 5.10. The first-order valence-corrected chi connectivity index (χ1v) is 6.35. The number of halogens is 1. The minimum Gasteiger partial charge on any atom is -0.495 e. The summed E-state index contributed by atoms with van der Waals surface area (Å²) in [6.07, 6.45) is 2.65. The Hall–Kier alpha value is -0.380. The van der Waals surface area contributed by atoms with Crippen molar-refractivity contribution in [2.24, 2.45) is 0 Å². The van der Waals surface area contributed by atoms with Crippen LogP contribution in [0.15, 0.2) is 23.1 Å². The number of thioether (sulfide) groups is 1. The first-order valence-electron chi connectivity index (χ1n) is 4.99. The first kappa shape index (κ1) is 11.1. The molecule has 1 aliphatic rings. The van der Waals surface area contributed by atoms with Gasteiger partial charge in [0.15, 0.2) is 0 Å². The maximum atomic E-state index is 6.02. The van der Waals surface area contributed by atoms with Crippen molar-refractivity contribution in [2.45, 2.75) is 23.8 Å². The summed E-state index contributed by atoms with van der Waals surface area (Å²) in [4.78, 5) is 1.17. The van der Waals surface area contributed by atoms with E-state index in [-0.39, 0.29) is 0 Å². The molecule has 0 aromatic heterocycles. The third-order valence-corrected chi connectivity index (χ3v) is 3.51. The Bertz CT molecular complexity index is 341. The van der Waals surface area contributed by atoms with Crippen LogP contribution in [0.1, 0.15) is 12.8 Å². The second-order valence-corrected chi connectivity index (χ2v) is 5.02. The molecule has 0 heterocycles. The van der Waals surface area contributed by atoms with Gasteiger partial charge in [-0.2, -0.15) is 0 Å². The number of rotatable bonds is 5. The molecule has 0 atom stereocenters. The summed E-state index contributed by atoms with van der Waals surface area (Å²) in [5.74, 6) is 1.68. The van der Waals surface area contributed by atoms with Crippen molar-refractivity contribution in [3.63, 3.8) is 0 Å². The van der Waals surface area contributed by atoms with E-state index in [9.17, 15) is 0 Å². The number of benzene rings is 1. The number of methoxy groups -OCH3 is 1. The number of nitrogens with one attached hydrogen (secondary N) is 1. The zero-order chi connectivity index (χ0) is 10.7. The Morgan fingerprint density at radius 3 is 2.93 bits per heavy atom. The molecule has 0 saturated heterocycles. The van der Waals surface area contributed by atoms with Crippen LogP contribution in [0.4, 0.5) is 0 Å². The van der Waals surface area contributed by atoms with E-state index in [2.05, 4.69) is 5.32 Å². The number of ether oxygens (including phenoxy) is 1. The summed E-state index contributed by atoms with van der Waals surface area (Å²) in [7, 11) is 1.63. The smallest absolute Gasteiger partial charge is 0.137 e. The molecule has 1 saturated carbocycles. The minimum atomic E-state index is 0.675. The fraction of sp³-hybridized carbons (Fsp3) is 0.455. The molecule has 82 valence electrons. The van der Waals surface area contributed by atoms with E-state index in [0.717, 1.165) is 17.7 Å². The highest BCUT2D eigenvalue weighted by atomic mass is 35.5. The molecule has 1 N–H and O–H groups in total. The molecule has 0 unspecified atom stereocenters. The quantitative estimate of drug-likeness (QED) is 0.634. The molecule has 0 radical (unpaired) electrons. The van der Waals surface area contributed by atoms with Crippen LogP contribution in [0.5, 0.6) is 5.75 Å². The van der Waals surface area contributed by atoms with Crippen molar-refractivity contribution < 1.29 is 4.74 Å². The fourth-order valence-corrected chi connectivity index (χ4v) is 2.44. The lowest BCUT2D eigenvalue weighted by Gasteiger charge is -2.06. The van der Waals surface area contributed by atoms with Crippen LogP contribution >= 0.6 is 23.4 Å². The van der Waals surface area contributed by atoms with Crippen LogP contribution in [0.2, 0.25) is 5.02 Å². The number of hydrogen-bond acceptors (Lipinski definition) is 3. The Morgan fingerprint density at radius 1 is 1.53 bits per heavy atom. The van der Waals surface area contributed by atoms with Gasteiger partial charge in [0.05, 0.1) is 12.1 Å². The van der Waals surface area contributed by atoms with Crippen LogP contribution in [0.3, 0.4) is 0 Å². The molecule has 1 aromatic rings. The maximum Gasteiger partial charge on any atom is 0.137 e. The Balaban J connectivity index is 1.87. The molecule has 0 bridgehead atoms. The predicted molar refractivity (Wildman–Crippen MR) is 64.9 cm³/mol. The van der Waals surface area contributed by atoms with Gasteiger partial charge in [0, 0.05) is 16.8 Å². The van der Waals surface area contributed by atoms with Crippen molar-refractivity contribution in [1.29, 1.82) is 0 Å². The van der Waals surface area contributed by atoms with Gasteiger partial charge in [-0.25, -0.2) is 0 Å². The minimum absolute atomic E-state index is 0.675. The van der Waals surface area contributed by atoms with Crippen LogP contribution in [-0.2, 0) is 0 Å². The predicted octanol–water partition coefficient (Wildman–Crippen LogP) is 3.15. The van der Waals surface area contributed by atoms with Gasteiger partial charge in [0.25, 0.3) is 0 Å². The van der Waals surface area contributed by atoms with Gasteiger partial charge in [-0.15, -0.1) is 11.8 Å². The Labute approximate surface area is 99.3 Å². The lowest BCUT2D eigenvalue weighted by Crippen LogP contribution is -2.14. The second-order valence-electron chi connectivity index (χ2n) is 3.56. The van der Waals surface area contributed by atoms with E-state index in [0.29, 0.717) is 5.02 Å². The van der Waals surface area contributed by atoms with Gasteiger partial charge in [0.1, 0.15) is 5.75 Å². The average molecular weight is 244 g/mol. The molecule has 15 heavy (non-hydrogen) atoms. The largest absolute Gasteiger partial charge is 0.495 e. The van der Waals surface area contributed by atoms with E-state index in [1.165, 1.54) is 17.7 Å². The third-order valence-electron chi connectivity index (χ3n) is 2.31. The fourth-order valence-electron chi connectivity index (χ4n) is 1.27. The van der Waals surface area contributed by atoms with Gasteiger partial charge >= 0.3 is 0 Å². The molecule has 0 amide bonds. The summed E-state index contributed by atoms with van der Waals surface area (Å²) < 4.78 is 5.10. The van der Waals surface area contributed by atoms with E-state index < -0.39 is 0 Å². The molecule has 1 aliphatic carbocycles. The summed E-state index contributed by atoms with van der Waals surface area (Å²) in [6.45, 7) is 0. The lowest BCUT2D eigenvalue weighted by atomic mass is 10.3. The Morgan fingerprint density at radius 2 is 2.33 bits per heavy atom. The zero-order valence-corrected chi connectivity index (χ0v) is 10.2. The molecular weight excluding hydrogens is 230 g/mol. The molecule has 4 heteroatoms. The van der Waals surface area contributed by atoms with Crippen LogP contribution in [0, 0.1) is 0 Å². The van der Waals surface area contributed by atoms with Gasteiger partial charge in [-0.05, 0) is 31.0 Å².